The minimum Gasteiger partial charge on any atom is -0.440 e. The highest BCUT2D eigenvalue weighted by atomic mass is 19.4. The SMILES string of the molecule is O=C(Nc1ccc2c(c1)nc1n2CCCCC1)C1CCN(C(=O)OCC(F)(F)F)CC1. The second-order valence-electron chi connectivity index (χ2n) is 8.11. The second-order valence-corrected chi connectivity index (χ2v) is 8.11. The smallest absolute Gasteiger partial charge is 0.422 e. The number of hydrogen-bond donors (Lipinski definition) is 1. The maximum absolute atomic E-state index is 12.7. The van der Waals surface area contributed by atoms with Crippen molar-refractivity contribution in [3.05, 3.63) is 24.0 Å². The zero-order valence-electron chi connectivity index (χ0n) is 17.1. The number of likely N-dealkylation sites (tertiary alicyclic amines) is 1. The number of carbonyl (C=O) groups is 2. The Hall–Kier alpha value is -2.78. The zero-order chi connectivity index (χ0) is 22.0. The van der Waals surface area contributed by atoms with Crippen molar-refractivity contribution < 1.29 is 27.5 Å². The molecule has 10 heteroatoms. The molecule has 168 valence electrons. The number of benzene rings is 1. The molecule has 31 heavy (non-hydrogen) atoms. The molecule has 0 saturated carbocycles. The van der Waals surface area contributed by atoms with Crippen LogP contribution in [0.3, 0.4) is 0 Å². The van der Waals surface area contributed by atoms with Gasteiger partial charge in [-0.25, -0.2) is 9.78 Å². The maximum Gasteiger partial charge on any atom is 0.422 e. The molecular weight excluding hydrogens is 413 g/mol. The third-order valence-corrected chi connectivity index (χ3v) is 5.86. The van der Waals surface area contributed by atoms with Gasteiger partial charge in [0.15, 0.2) is 6.61 Å². The Morgan fingerprint density at radius 3 is 2.65 bits per heavy atom. The first-order chi connectivity index (χ1) is 14.8. The molecule has 0 atom stereocenters. The van der Waals surface area contributed by atoms with E-state index in [0.29, 0.717) is 18.5 Å². The lowest BCUT2D eigenvalue weighted by atomic mass is 9.96. The summed E-state index contributed by atoms with van der Waals surface area (Å²) in [5.41, 5.74) is 2.59. The van der Waals surface area contributed by atoms with E-state index in [1.54, 1.807) is 0 Å². The van der Waals surface area contributed by atoms with E-state index in [4.69, 9.17) is 4.98 Å². The molecule has 0 bridgehead atoms. The Morgan fingerprint density at radius 1 is 1.13 bits per heavy atom. The first kappa shape index (κ1) is 21.5. The van der Waals surface area contributed by atoms with Gasteiger partial charge in [-0.1, -0.05) is 6.42 Å². The van der Waals surface area contributed by atoms with Crippen LogP contribution in [0.15, 0.2) is 18.2 Å². The van der Waals surface area contributed by atoms with Gasteiger partial charge in [-0.3, -0.25) is 4.79 Å². The molecule has 1 aromatic carbocycles. The van der Waals surface area contributed by atoms with E-state index >= 15 is 0 Å². The van der Waals surface area contributed by atoms with Crippen LogP contribution in [-0.2, 0) is 22.5 Å². The summed E-state index contributed by atoms with van der Waals surface area (Å²) in [5, 5.41) is 2.91. The van der Waals surface area contributed by atoms with Gasteiger partial charge in [0.25, 0.3) is 0 Å². The molecular formula is C21H25F3N4O3. The summed E-state index contributed by atoms with van der Waals surface area (Å²) in [6.07, 6.45) is -0.376. The van der Waals surface area contributed by atoms with E-state index in [1.807, 2.05) is 18.2 Å². The van der Waals surface area contributed by atoms with Gasteiger partial charge in [-0.2, -0.15) is 13.2 Å². The Kier molecular flexibility index (Phi) is 6.06. The van der Waals surface area contributed by atoms with E-state index in [0.717, 1.165) is 42.7 Å². The number of aromatic nitrogens is 2. The number of piperidine rings is 1. The monoisotopic (exact) mass is 438 g/mol. The normalized spacial score (nSPS) is 17.8. The highest BCUT2D eigenvalue weighted by Gasteiger charge is 2.33. The first-order valence-corrected chi connectivity index (χ1v) is 10.6. The summed E-state index contributed by atoms with van der Waals surface area (Å²) in [6, 6.07) is 5.72. The van der Waals surface area contributed by atoms with Crippen molar-refractivity contribution in [2.45, 2.75) is 51.2 Å². The largest absolute Gasteiger partial charge is 0.440 e. The Morgan fingerprint density at radius 2 is 1.90 bits per heavy atom. The highest BCUT2D eigenvalue weighted by Crippen LogP contribution is 2.26. The Balaban J connectivity index is 1.33. The number of nitrogens with zero attached hydrogens (tertiary/aromatic N) is 3. The van der Waals surface area contributed by atoms with Gasteiger partial charge < -0.3 is 19.5 Å². The molecule has 2 amide bonds. The molecule has 0 spiro atoms. The molecule has 1 saturated heterocycles. The van der Waals surface area contributed by atoms with Crippen molar-refractivity contribution in [1.29, 1.82) is 0 Å². The number of halogens is 3. The Labute approximate surface area is 177 Å². The second kappa shape index (κ2) is 8.76. The summed E-state index contributed by atoms with van der Waals surface area (Å²) < 4.78 is 43.1. The average molecular weight is 438 g/mol. The number of nitrogens with one attached hydrogen (secondary N) is 1. The molecule has 1 aromatic heterocycles. The van der Waals surface area contributed by atoms with Crippen LogP contribution in [0.4, 0.5) is 23.7 Å². The van der Waals surface area contributed by atoms with Gasteiger partial charge in [0.05, 0.1) is 11.0 Å². The van der Waals surface area contributed by atoms with Gasteiger partial charge in [0.1, 0.15) is 5.82 Å². The molecule has 2 aliphatic heterocycles. The topological polar surface area (TPSA) is 76.5 Å². The summed E-state index contributed by atoms with van der Waals surface area (Å²) in [5.74, 6) is 0.602. The van der Waals surface area contributed by atoms with E-state index in [1.165, 1.54) is 11.3 Å². The summed E-state index contributed by atoms with van der Waals surface area (Å²) in [4.78, 5) is 30.3. The number of alkyl halides is 3. The Bertz CT molecular complexity index is 965. The zero-order valence-corrected chi connectivity index (χ0v) is 17.1. The van der Waals surface area contributed by atoms with Crippen LogP contribution in [0.5, 0.6) is 0 Å². The number of imidazole rings is 1. The molecule has 4 rings (SSSR count). The molecule has 7 nitrogen and oxygen atoms in total. The summed E-state index contributed by atoms with van der Waals surface area (Å²) >= 11 is 0. The van der Waals surface area contributed by atoms with Crippen LogP contribution in [0.2, 0.25) is 0 Å². The molecule has 3 heterocycles. The summed E-state index contributed by atoms with van der Waals surface area (Å²) in [7, 11) is 0. The number of rotatable bonds is 3. The van der Waals surface area contributed by atoms with Crippen molar-refractivity contribution in [3.8, 4) is 0 Å². The predicted octanol–water partition coefficient (Wildman–Crippen LogP) is 4.11. The van der Waals surface area contributed by atoms with Gasteiger partial charge in [0, 0.05) is 37.7 Å². The van der Waals surface area contributed by atoms with E-state index < -0.39 is 18.9 Å². The molecule has 1 fully saturated rings. The van der Waals surface area contributed by atoms with Crippen molar-refractivity contribution in [3.63, 3.8) is 0 Å². The van der Waals surface area contributed by atoms with Crippen LogP contribution < -0.4 is 5.32 Å². The quantitative estimate of drug-likeness (QED) is 0.783. The van der Waals surface area contributed by atoms with Crippen LogP contribution in [-0.4, -0.2) is 52.3 Å². The molecule has 2 aliphatic rings. The van der Waals surface area contributed by atoms with Crippen molar-refractivity contribution in [1.82, 2.24) is 14.5 Å². The van der Waals surface area contributed by atoms with Crippen molar-refractivity contribution in [2.75, 3.05) is 25.0 Å². The van der Waals surface area contributed by atoms with E-state index in [-0.39, 0.29) is 24.9 Å². The average Bonchev–Trinajstić information content (AvgIpc) is 2.91. The number of anilines is 1. The fraction of sp³-hybridized carbons (Fsp3) is 0.571. The molecule has 1 N–H and O–H groups in total. The van der Waals surface area contributed by atoms with Crippen LogP contribution in [0.1, 0.15) is 37.9 Å². The highest BCUT2D eigenvalue weighted by molar-refractivity contribution is 5.94. The minimum absolute atomic E-state index is 0.163. The number of amides is 2. The molecule has 2 aromatic rings. The van der Waals surface area contributed by atoms with Crippen LogP contribution in [0.25, 0.3) is 11.0 Å². The molecule has 0 radical (unpaired) electrons. The van der Waals surface area contributed by atoms with Gasteiger partial charge in [-0.15, -0.1) is 0 Å². The fourth-order valence-electron chi connectivity index (χ4n) is 4.23. The minimum atomic E-state index is -4.55. The standard InChI is InChI=1S/C21H25F3N4O3/c22-21(23,24)13-31-20(30)27-10-7-14(8-11-27)19(29)25-15-5-6-17-16(12-15)26-18-4-2-1-3-9-28(17)18/h5-6,12,14H,1-4,7-11,13H2,(H,25,29). The molecule has 0 unspecified atom stereocenters. The maximum atomic E-state index is 12.7. The van der Waals surface area contributed by atoms with E-state index in [2.05, 4.69) is 14.6 Å². The number of aryl methyl sites for hydroxylation is 2. The van der Waals surface area contributed by atoms with Crippen LogP contribution in [0, 0.1) is 5.92 Å². The fourth-order valence-corrected chi connectivity index (χ4v) is 4.23. The number of fused-ring (bicyclic) bond motifs is 3. The van der Waals surface area contributed by atoms with Gasteiger partial charge in [-0.05, 0) is 43.9 Å². The molecule has 0 aliphatic carbocycles. The third-order valence-electron chi connectivity index (χ3n) is 5.86. The van der Waals surface area contributed by atoms with Crippen LogP contribution >= 0.6 is 0 Å². The lowest BCUT2D eigenvalue weighted by Gasteiger charge is -2.30. The van der Waals surface area contributed by atoms with E-state index in [9.17, 15) is 22.8 Å². The first-order valence-electron chi connectivity index (χ1n) is 10.6. The lowest BCUT2D eigenvalue weighted by molar-refractivity contribution is -0.162. The van der Waals surface area contributed by atoms with Crippen molar-refractivity contribution >= 4 is 28.7 Å². The third kappa shape index (κ3) is 5.11. The van der Waals surface area contributed by atoms with Crippen molar-refractivity contribution in [2.24, 2.45) is 5.92 Å². The number of hydrogen-bond acceptors (Lipinski definition) is 4. The predicted molar refractivity (Wildman–Crippen MR) is 108 cm³/mol. The number of carbonyl (C=O) groups excluding carboxylic acids is 2. The summed E-state index contributed by atoms with van der Waals surface area (Å²) in [6.45, 7) is -0.281. The van der Waals surface area contributed by atoms with Gasteiger partial charge in [0.2, 0.25) is 5.91 Å². The van der Waals surface area contributed by atoms with Gasteiger partial charge >= 0.3 is 12.3 Å². The number of ether oxygens (including phenoxy) is 1. The lowest BCUT2D eigenvalue weighted by Crippen LogP contribution is -2.42.